The topological polar surface area (TPSA) is 36.4 Å². The first-order valence-corrected chi connectivity index (χ1v) is 7.21. The van der Waals surface area contributed by atoms with Gasteiger partial charge in [-0.2, -0.15) is 22.5 Å². The summed E-state index contributed by atoms with van der Waals surface area (Å²) in [7, 11) is 1.22. The van der Waals surface area contributed by atoms with Gasteiger partial charge in [0.15, 0.2) is 0 Å². The highest BCUT2D eigenvalue weighted by atomic mass is 19.2. The second kappa shape index (κ2) is 6.10. The van der Waals surface area contributed by atoms with E-state index < -0.39 is 41.2 Å². The van der Waals surface area contributed by atoms with Crippen molar-refractivity contribution in [2.75, 3.05) is 23.4 Å². The average molecular weight is 339 g/mol. The van der Waals surface area contributed by atoms with Crippen LogP contribution in [0.25, 0.3) is 0 Å². The Morgan fingerprint density at radius 3 is 2.25 bits per heavy atom. The van der Waals surface area contributed by atoms with Crippen molar-refractivity contribution in [2.24, 2.45) is 0 Å². The van der Waals surface area contributed by atoms with E-state index in [1.807, 2.05) is 0 Å². The molecule has 0 radical (unpaired) electrons. The number of anilines is 2. The van der Waals surface area contributed by atoms with Crippen LogP contribution in [-0.2, 0) is 4.79 Å². The fraction of sp³-hybridized carbons (Fsp3) is 0.250. The molecule has 0 aliphatic carbocycles. The van der Waals surface area contributed by atoms with Gasteiger partial charge in [-0.25, -0.2) is 0 Å². The number of carbonyl (C=O) groups excluding carboxylic acids is 1. The van der Waals surface area contributed by atoms with Gasteiger partial charge in [0, 0.05) is 19.3 Å². The maximum absolute atomic E-state index is 13.9. The van der Waals surface area contributed by atoms with Crippen LogP contribution >= 0.6 is 0 Å². The van der Waals surface area contributed by atoms with Gasteiger partial charge >= 0.3 is 0 Å². The van der Waals surface area contributed by atoms with Crippen LogP contribution < -0.4 is 9.80 Å². The van der Waals surface area contributed by atoms with E-state index in [0.29, 0.717) is 12.2 Å². The van der Waals surface area contributed by atoms with Gasteiger partial charge in [0.05, 0.1) is 0 Å². The highest BCUT2D eigenvalue weighted by molar-refractivity contribution is 6.01. The van der Waals surface area contributed by atoms with Gasteiger partial charge in [-0.3, -0.25) is 4.79 Å². The number of hydrogen-bond acceptors (Lipinski definition) is 3. The molecule has 0 saturated carbocycles. The quantitative estimate of drug-likeness (QED) is 0.637. The highest BCUT2D eigenvalue weighted by Crippen LogP contribution is 2.31. The third kappa shape index (κ3) is 2.57. The van der Waals surface area contributed by atoms with E-state index in [1.165, 1.54) is 11.9 Å². The Labute approximate surface area is 135 Å². The Hall–Kier alpha value is -2.64. The van der Waals surface area contributed by atoms with E-state index in [4.69, 9.17) is 0 Å². The zero-order chi connectivity index (χ0) is 17.4. The molecule has 0 N–H and O–H groups in total. The Morgan fingerprint density at radius 2 is 1.67 bits per heavy atom. The van der Waals surface area contributed by atoms with Crippen molar-refractivity contribution in [3.8, 4) is 0 Å². The number of aromatic nitrogens is 1. The lowest BCUT2D eigenvalue weighted by Gasteiger charge is -2.26. The Morgan fingerprint density at radius 1 is 1.08 bits per heavy atom. The molecule has 3 rings (SSSR count). The summed E-state index contributed by atoms with van der Waals surface area (Å²) < 4.78 is 54.3. The van der Waals surface area contributed by atoms with E-state index >= 15 is 0 Å². The minimum Gasteiger partial charge on any atom is -0.358 e. The summed E-state index contributed by atoms with van der Waals surface area (Å²) in [5, 5.41) is 0. The number of halogens is 4. The zero-order valence-electron chi connectivity index (χ0n) is 12.6. The summed E-state index contributed by atoms with van der Waals surface area (Å²) in [5.74, 6) is -7.15. The number of benzene rings is 1. The number of carbonyl (C=O) groups is 1. The van der Waals surface area contributed by atoms with Crippen molar-refractivity contribution in [2.45, 2.75) is 12.5 Å². The van der Waals surface area contributed by atoms with Gasteiger partial charge in [-0.1, -0.05) is 18.2 Å². The SMILES string of the molecule is CN(c1c(F)c(F)nc(F)c1F)C1CCN(c2ccccc2)C1=O. The van der Waals surface area contributed by atoms with E-state index in [0.717, 1.165) is 4.90 Å². The number of para-hydroxylation sites is 1. The molecule has 4 nitrogen and oxygen atoms in total. The highest BCUT2D eigenvalue weighted by Gasteiger charge is 2.38. The molecule has 0 bridgehead atoms. The molecule has 2 heterocycles. The number of nitrogens with zero attached hydrogens (tertiary/aromatic N) is 3. The summed E-state index contributed by atoms with van der Waals surface area (Å²) in [6.45, 7) is 0.330. The molecule has 1 fully saturated rings. The number of hydrogen-bond donors (Lipinski definition) is 0. The zero-order valence-corrected chi connectivity index (χ0v) is 12.6. The monoisotopic (exact) mass is 339 g/mol. The van der Waals surface area contributed by atoms with Crippen molar-refractivity contribution in [3.63, 3.8) is 0 Å². The molecule has 1 saturated heterocycles. The first kappa shape index (κ1) is 16.2. The van der Waals surface area contributed by atoms with E-state index in [-0.39, 0.29) is 6.42 Å². The molecule has 1 aliphatic heterocycles. The van der Waals surface area contributed by atoms with Gasteiger partial charge in [-0.05, 0) is 18.6 Å². The summed E-state index contributed by atoms with van der Waals surface area (Å²) in [6.07, 6.45) is 0.259. The van der Waals surface area contributed by atoms with Crippen LogP contribution in [0, 0.1) is 23.5 Å². The van der Waals surface area contributed by atoms with Crippen molar-refractivity contribution in [1.82, 2.24) is 4.98 Å². The van der Waals surface area contributed by atoms with Gasteiger partial charge < -0.3 is 9.80 Å². The molecule has 1 amide bonds. The number of rotatable bonds is 3. The second-order valence-corrected chi connectivity index (χ2v) is 5.41. The van der Waals surface area contributed by atoms with Crippen molar-refractivity contribution in [1.29, 1.82) is 0 Å². The van der Waals surface area contributed by atoms with Crippen molar-refractivity contribution in [3.05, 3.63) is 53.9 Å². The first-order chi connectivity index (χ1) is 11.4. The summed E-state index contributed by atoms with van der Waals surface area (Å²) in [4.78, 5) is 17.5. The maximum Gasteiger partial charge on any atom is 0.253 e. The molecule has 1 unspecified atom stereocenters. The molecular weight excluding hydrogens is 326 g/mol. The predicted molar refractivity (Wildman–Crippen MR) is 79.7 cm³/mol. The number of amides is 1. The molecule has 1 atom stereocenters. The third-order valence-electron chi connectivity index (χ3n) is 4.04. The van der Waals surface area contributed by atoms with Gasteiger partial charge in [0.25, 0.3) is 11.9 Å². The van der Waals surface area contributed by atoms with Crippen LogP contribution in [0.1, 0.15) is 6.42 Å². The normalized spacial score (nSPS) is 17.5. The molecule has 1 aromatic heterocycles. The smallest absolute Gasteiger partial charge is 0.253 e. The largest absolute Gasteiger partial charge is 0.358 e. The fourth-order valence-corrected chi connectivity index (χ4v) is 2.83. The Bertz CT molecular complexity index is 758. The lowest BCUT2D eigenvalue weighted by molar-refractivity contribution is -0.118. The number of likely N-dealkylation sites (N-methyl/N-ethyl adjacent to an activating group) is 1. The summed E-state index contributed by atoms with van der Waals surface area (Å²) in [6, 6.07) is 7.83. The molecular formula is C16H13F4N3O. The molecule has 2 aromatic rings. The first-order valence-electron chi connectivity index (χ1n) is 7.21. The Kier molecular flexibility index (Phi) is 4.13. The summed E-state index contributed by atoms with van der Waals surface area (Å²) in [5.41, 5.74) is -0.292. The van der Waals surface area contributed by atoms with Crippen LogP contribution in [0.2, 0.25) is 0 Å². The lowest BCUT2D eigenvalue weighted by Crippen LogP contribution is -2.41. The molecule has 0 spiro atoms. The number of pyridine rings is 1. The van der Waals surface area contributed by atoms with Crippen molar-refractivity contribution < 1.29 is 22.4 Å². The molecule has 126 valence electrons. The maximum atomic E-state index is 13.9. The second-order valence-electron chi connectivity index (χ2n) is 5.41. The van der Waals surface area contributed by atoms with Gasteiger partial charge in [-0.15, -0.1) is 0 Å². The fourth-order valence-electron chi connectivity index (χ4n) is 2.83. The molecule has 8 heteroatoms. The van der Waals surface area contributed by atoms with Crippen LogP contribution in [0.15, 0.2) is 30.3 Å². The lowest BCUT2D eigenvalue weighted by atomic mass is 10.2. The van der Waals surface area contributed by atoms with Crippen LogP contribution in [0.4, 0.5) is 28.9 Å². The van der Waals surface area contributed by atoms with E-state index in [9.17, 15) is 22.4 Å². The van der Waals surface area contributed by atoms with E-state index in [1.54, 1.807) is 30.3 Å². The average Bonchev–Trinajstić information content (AvgIpc) is 2.95. The van der Waals surface area contributed by atoms with Crippen molar-refractivity contribution >= 4 is 17.3 Å². The van der Waals surface area contributed by atoms with Gasteiger partial charge in [0.1, 0.15) is 11.7 Å². The third-order valence-corrected chi connectivity index (χ3v) is 4.04. The standard InChI is InChI=1S/C16H13F4N3O/c1-22(13-11(17)14(19)21-15(20)12(13)18)10-7-8-23(16(10)24)9-5-3-2-4-6-9/h2-6,10H,7-8H2,1H3. The minimum atomic E-state index is -1.75. The van der Waals surface area contributed by atoms with Crippen LogP contribution in [-0.4, -0.2) is 30.5 Å². The summed E-state index contributed by atoms with van der Waals surface area (Å²) >= 11 is 0. The van der Waals surface area contributed by atoms with Crippen LogP contribution in [0.5, 0.6) is 0 Å². The molecule has 1 aromatic carbocycles. The van der Waals surface area contributed by atoms with Gasteiger partial charge in [0.2, 0.25) is 17.5 Å². The molecule has 1 aliphatic rings. The molecule has 24 heavy (non-hydrogen) atoms. The Balaban J connectivity index is 1.93. The van der Waals surface area contributed by atoms with Crippen LogP contribution in [0.3, 0.4) is 0 Å². The minimum absolute atomic E-state index is 0.259. The predicted octanol–water partition coefficient (Wildman–Crippen LogP) is 2.88. The van der Waals surface area contributed by atoms with E-state index in [2.05, 4.69) is 4.98 Å².